The van der Waals surface area contributed by atoms with Crippen molar-refractivity contribution in [3.8, 4) is 23.0 Å². The standard InChI is InChI=1S/C15H14O6/c1-6-10-8(15(18)21-6)4-7-5-9(16)13(19-2)14(20-3)11(7)12(10)17/h4-6,16-17H,1-3H3. The summed E-state index contributed by atoms with van der Waals surface area (Å²) in [7, 11) is 2.80. The van der Waals surface area contributed by atoms with Crippen molar-refractivity contribution < 1.29 is 29.2 Å². The summed E-state index contributed by atoms with van der Waals surface area (Å²) < 4.78 is 15.5. The van der Waals surface area contributed by atoms with Crippen LogP contribution >= 0.6 is 0 Å². The summed E-state index contributed by atoms with van der Waals surface area (Å²) in [5.41, 5.74) is 0.706. The molecule has 110 valence electrons. The van der Waals surface area contributed by atoms with Crippen LogP contribution in [-0.4, -0.2) is 30.4 Å². The molecule has 0 spiro atoms. The van der Waals surface area contributed by atoms with Gasteiger partial charge in [0, 0.05) is 5.56 Å². The third-order valence-electron chi connectivity index (χ3n) is 3.65. The van der Waals surface area contributed by atoms with Crippen LogP contribution in [0.15, 0.2) is 12.1 Å². The van der Waals surface area contributed by atoms with Gasteiger partial charge in [0.2, 0.25) is 5.75 Å². The SMILES string of the molecule is COc1c(O)cc2cc3c(c(O)c2c1OC)C(C)OC3=O. The van der Waals surface area contributed by atoms with E-state index in [0.29, 0.717) is 21.9 Å². The van der Waals surface area contributed by atoms with Crippen molar-refractivity contribution in [1.29, 1.82) is 0 Å². The predicted molar refractivity (Wildman–Crippen MR) is 74.2 cm³/mol. The largest absolute Gasteiger partial charge is 0.507 e. The molecule has 1 unspecified atom stereocenters. The van der Waals surface area contributed by atoms with Crippen molar-refractivity contribution in [3.63, 3.8) is 0 Å². The lowest BCUT2D eigenvalue weighted by molar-refractivity contribution is 0.0420. The highest BCUT2D eigenvalue weighted by molar-refractivity contribution is 6.06. The Hall–Kier alpha value is -2.63. The Balaban J connectivity index is 2.48. The summed E-state index contributed by atoms with van der Waals surface area (Å²) in [6.45, 7) is 1.68. The van der Waals surface area contributed by atoms with Crippen LogP contribution in [0.1, 0.15) is 28.9 Å². The first kappa shape index (κ1) is 13.4. The Kier molecular flexibility index (Phi) is 2.83. The lowest BCUT2D eigenvalue weighted by atomic mass is 9.97. The monoisotopic (exact) mass is 290 g/mol. The minimum Gasteiger partial charge on any atom is -0.507 e. The molecule has 1 aliphatic heterocycles. The number of phenols is 2. The minimum absolute atomic E-state index is 0.101. The molecule has 3 rings (SSSR count). The van der Waals surface area contributed by atoms with E-state index >= 15 is 0 Å². The topological polar surface area (TPSA) is 85.2 Å². The van der Waals surface area contributed by atoms with Crippen molar-refractivity contribution in [1.82, 2.24) is 0 Å². The number of aromatic hydroxyl groups is 2. The van der Waals surface area contributed by atoms with E-state index < -0.39 is 12.1 Å². The molecule has 2 N–H and O–H groups in total. The molecule has 1 heterocycles. The Labute approximate surface area is 120 Å². The van der Waals surface area contributed by atoms with E-state index in [0.717, 1.165) is 0 Å². The van der Waals surface area contributed by atoms with Gasteiger partial charge in [-0.15, -0.1) is 0 Å². The van der Waals surface area contributed by atoms with Crippen LogP contribution in [0.5, 0.6) is 23.0 Å². The third kappa shape index (κ3) is 1.68. The van der Waals surface area contributed by atoms with Crippen LogP contribution in [0.3, 0.4) is 0 Å². The van der Waals surface area contributed by atoms with E-state index in [-0.39, 0.29) is 23.0 Å². The molecule has 1 aliphatic rings. The summed E-state index contributed by atoms with van der Waals surface area (Å²) >= 11 is 0. The molecule has 21 heavy (non-hydrogen) atoms. The minimum atomic E-state index is -0.540. The number of rotatable bonds is 2. The molecule has 2 aromatic carbocycles. The van der Waals surface area contributed by atoms with Gasteiger partial charge in [-0.1, -0.05) is 0 Å². The van der Waals surface area contributed by atoms with Crippen LogP contribution in [0.25, 0.3) is 10.8 Å². The molecular formula is C15H14O6. The fourth-order valence-electron chi connectivity index (χ4n) is 2.75. The highest BCUT2D eigenvalue weighted by Crippen LogP contribution is 2.50. The van der Waals surface area contributed by atoms with Crippen LogP contribution in [0.2, 0.25) is 0 Å². The van der Waals surface area contributed by atoms with Gasteiger partial charge < -0.3 is 24.4 Å². The first-order valence-corrected chi connectivity index (χ1v) is 6.34. The highest BCUT2D eigenvalue weighted by Gasteiger charge is 2.33. The summed E-state index contributed by atoms with van der Waals surface area (Å²) in [5.74, 6) is -0.405. The first-order valence-electron chi connectivity index (χ1n) is 6.34. The second kappa shape index (κ2) is 4.44. The molecule has 0 fully saturated rings. The van der Waals surface area contributed by atoms with Gasteiger partial charge >= 0.3 is 5.97 Å². The number of carbonyl (C=O) groups is 1. The zero-order valence-corrected chi connectivity index (χ0v) is 11.8. The van der Waals surface area contributed by atoms with Crippen molar-refractivity contribution in [3.05, 3.63) is 23.3 Å². The summed E-state index contributed by atoms with van der Waals surface area (Å²) in [5, 5.41) is 21.3. The maximum absolute atomic E-state index is 11.8. The number of esters is 1. The molecule has 0 aliphatic carbocycles. The Morgan fingerprint density at radius 3 is 2.43 bits per heavy atom. The first-order chi connectivity index (χ1) is 9.99. The van der Waals surface area contributed by atoms with Gasteiger partial charge in [-0.05, 0) is 24.4 Å². The molecule has 6 nitrogen and oxygen atoms in total. The van der Waals surface area contributed by atoms with Gasteiger partial charge in [-0.25, -0.2) is 4.79 Å². The zero-order chi connectivity index (χ0) is 15.3. The lowest BCUT2D eigenvalue weighted by Gasteiger charge is -2.15. The zero-order valence-electron chi connectivity index (χ0n) is 11.8. The van der Waals surface area contributed by atoms with Gasteiger partial charge in [0.25, 0.3) is 0 Å². The van der Waals surface area contributed by atoms with Gasteiger partial charge in [0.15, 0.2) is 11.5 Å². The van der Waals surface area contributed by atoms with Crippen LogP contribution < -0.4 is 9.47 Å². The molecule has 0 saturated heterocycles. The number of hydrogen-bond donors (Lipinski definition) is 2. The molecule has 6 heteroatoms. The van der Waals surface area contributed by atoms with Gasteiger partial charge in [-0.3, -0.25) is 0 Å². The van der Waals surface area contributed by atoms with Crippen molar-refractivity contribution in [2.24, 2.45) is 0 Å². The maximum atomic E-state index is 11.8. The van der Waals surface area contributed by atoms with E-state index in [2.05, 4.69) is 0 Å². The van der Waals surface area contributed by atoms with E-state index in [1.54, 1.807) is 13.0 Å². The fraction of sp³-hybridized carbons (Fsp3) is 0.267. The second-order valence-corrected chi connectivity index (χ2v) is 4.79. The summed E-state index contributed by atoms with van der Waals surface area (Å²) in [6.07, 6.45) is -0.540. The van der Waals surface area contributed by atoms with Gasteiger partial charge in [-0.2, -0.15) is 0 Å². The number of cyclic esters (lactones) is 1. The Morgan fingerprint density at radius 2 is 1.81 bits per heavy atom. The number of ether oxygens (including phenoxy) is 3. The average Bonchev–Trinajstić information content (AvgIpc) is 2.72. The van der Waals surface area contributed by atoms with Gasteiger partial charge in [0.1, 0.15) is 11.9 Å². The molecular weight excluding hydrogens is 276 g/mol. The predicted octanol–water partition coefficient (Wildman–Crippen LogP) is 2.50. The molecule has 0 saturated carbocycles. The number of benzene rings is 2. The van der Waals surface area contributed by atoms with Crippen molar-refractivity contribution in [2.45, 2.75) is 13.0 Å². The van der Waals surface area contributed by atoms with E-state index in [9.17, 15) is 15.0 Å². The van der Waals surface area contributed by atoms with Crippen LogP contribution in [0.4, 0.5) is 0 Å². The Bertz CT molecular complexity index is 765. The third-order valence-corrected chi connectivity index (χ3v) is 3.65. The molecule has 0 radical (unpaired) electrons. The lowest BCUT2D eigenvalue weighted by Crippen LogP contribution is -1.96. The van der Waals surface area contributed by atoms with E-state index in [1.165, 1.54) is 20.3 Å². The quantitative estimate of drug-likeness (QED) is 0.827. The number of phenolic OH excluding ortho intramolecular Hbond substituents is 2. The van der Waals surface area contributed by atoms with Crippen LogP contribution in [0, 0.1) is 0 Å². The fourth-order valence-corrected chi connectivity index (χ4v) is 2.75. The van der Waals surface area contributed by atoms with Crippen molar-refractivity contribution in [2.75, 3.05) is 14.2 Å². The van der Waals surface area contributed by atoms with Crippen molar-refractivity contribution >= 4 is 16.7 Å². The van der Waals surface area contributed by atoms with Crippen LogP contribution in [-0.2, 0) is 4.74 Å². The smallest absolute Gasteiger partial charge is 0.339 e. The molecule has 0 bridgehead atoms. The molecule has 0 aromatic heterocycles. The second-order valence-electron chi connectivity index (χ2n) is 4.79. The summed E-state index contributed by atoms with van der Waals surface area (Å²) in [6, 6.07) is 2.98. The van der Waals surface area contributed by atoms with E-state index in [4.69, 9.17) is 14.2 Å². The maximum Gasteiger partial charge on any atom is 0.339 e. The molecule has 1 atom stereocenters. The van der Waals surface area contributed by atoms with Gasteiger partial charge in [0.05, 0.1) is 25.2 Å². The number of hydrogen-bond acceptors (Lipinski definition) is 6. The number of carbonyl (C=O) groups excluding carboxylic acids is 1. The normalized spacial score (nSPS) is 16.7. The van der Waals surface area contributed by atoms with E-state index in [1.807, 2.05) is 0 Å². The Morgan fingerprint density at radius 1 is 1.14 bits per heavy atom. The number of methoxy groups -OCH3 is 2. The molecule has 0 amide bonds. The summed E-state index contributed by atoms with van der Waals surface area (Å²) in [4.78, 5) is 11.8. The molecule has 2 aromatic rings. The number of fused-ring (bicyclic) bond motifs is 2. The average molecular weight is 290 g/mol. The highest BCUT2D eigenvalue weighted by atomic mass is 16.5.